The van der Waals surface area contributed by atoms with E-state index in [9.17, 15) is 14.4 Å². The molecule has 0 saturated carbocycles. The molecule has 1 aliphatic rings. The molecule has 0 bridgehead atoms. The number of carbonyl (C=O) groups is 3. The second-order valence-corrected chi connectivity index (χ2v) is 5.48. The fourth-order valence-electron chi connectivity index (χ4n) is 2.04. The van der Waals surface area contributed by atoms with Crippen LogP contribution in [0.5, 0.6) is 0 Å². The zero-order valence-electron chi connectivity index (χ0n) is 11.1. The van der Waals surface area contributed by atoms with Gasteiger partial charge < -0.3 is 5.32 Å². The minimum absolute atomic E-state index is 0.253. The third-order valence-electron chi connectivity index (χ3n) is 3.04. The van der Waals surface area contributed by atoms with Gasteiger partial charge in [-0.1, -0.05) is 12.1 Å². The van der Waals surface area contributed by atoms with Crippen molar-refractivity contribution in [3.05, 3.63) is 35.4 Å². The summed E-state index contributed by atoms with van der Waals surface area (Å²) in [6, 6.07) is 6.68. The van der Waals surface area contributed by atoms with E-state index in [0.717, 1.165) is 11.3 Å². The fraction of sp³-hybridized carbons (Fsp3) is 0.357. The largest absolute Gasteiger partial charge is 0.340 e. The molecule has 0 radical (unpaired) electrons. The standard InChI is InChI=1S/C14H16N2O3S/c1-20-8-9-3-2-4-10(7-9)13(18)15-11-5-6-12(17)16-14(11)19/h2-4,7,11H,5-6,8H2,1H3,(H,15,18)(H,16,17,19). The maximum Gasteiger partial charge on any atom is 0.251 e. The van der Waals surface area contributed by atoms with Crippen LogP contribution in [0.15, 0.2) is 24.3 Å². The third kappa shape index (κ3) is 3.60. The Morgan fingerprint density at radius 2 is 2.25 bits per heavy atom. The van der Waals surface area contributed by atoms with E-state index < -0.39 is 11.9 Å². The highest BCUT2D eigenvalue weighted by atomic mass is 32.2. The van der Waals surface area contributed by atoms with Crippen molar-refractivity contribution in [2.24, 2.45) is 0 Å². The monoisotopic (exact) mass is 292 g/mol. The van der Waals surface area contributed by atoms with Crippen molar-refractivity contribution >= 4 is 29.5 Å². The lowest BCUT2D eigenvalue weighted by Crippen LogP contribution is -2.52. The maximum atomic E-state index is 12.1. The van der Waals surface area contributed by atoms with E-state index in [1.54, 1.807) is 17.8 Å². The van der Waals surface area contributed by atoms with E-state index in [1.165, 1.54) is 0 Å². The quantitative estimate of drug-likeness (QED) is 0.814. The average molecular weight is 292 g/mol. The zero-order chi connectivity index (χ0) is 14.5. The van der Waals surface area contributed by atoms with E-state index in [2.05, 4.69) is 10.6 Å². The van der Waals surface area contributed by atoms with Gasteiger partial charge in [-0.05, 0) is 30.4 Å². The van der Waals surface area contributed by atoms with E-state index in [1.807, 2.05) is 24.5 Å². The summed E-state index contributed by atoms with van der Waals surface area (Å²) in [6.07, 6.45) is 2.60. The Balaban J connectivity index is 2.02. The first-order chi connectivity index (χ1) is 9.60. The first kappa shape index (κ1) is 14.6. The Kier molecular flexibility index (Phi) is 4.79. The molecule has 1 atom stereocenters. The summed E-state index contributed by atoms with van der Waals surface area (Å²) in [5, 5.41) is 4.89. The number of rotatable bonds is 4. The minimum Gasteiger partial charge on any atom is -0.340 e. The molecule has 1 heterocycles. The molecule has 1 aliphatic heterocycles. The second-order valence-electron chi connectivity index (χ2n) is 4.61. The minimum atomic E-state index is -0.635. The number of amides is 3. The van der Waals surface area contributed by atoms with Crippen LogP contribution in [-0.4, -0.2) is 30.0 Å². The van der Waals surface area contributed by atoms with Gasteiger partial charge in [0.1, 0.15) is 6.04 Å². The normalized spacial score (nSPS) is 18.6. The van der Waals surface area contributed by atoms with E-state index in [4.69, 9.17) is 0 Å². The number of hydrogen-bond donors (Lipinski definition) is 2. The fourth-order valence-corrected chi connectivity index (χ4v) is 2.55. The summed E-state index contributed by atoms with van der Waals surface area (Å²) >= 11 is 1.68. The van der Waals surface area contributed by atoms with Crippen LogP contribution in [0.2, 0.25) is 0 Å². The Bertz CT molecular complexity index is 545. The Hall–Kier alpha value is -1.82. The van der Waals surface area contributed by atoms with Crippen molar-refractivity contribution < 1.29 is 14.4 Å². The SMILES string of the molecule is CSCc1cccc(C(=O)NC2CCC(=O)NC2=O)c1. The number of carbonyl (C=O) groups excluding carboxylic acids is 3. The van der Waals surface area contributed by atoms with Crippen molar-refractivity contribution in [1.82, 2.24) is 10.6 Å². The van der Waals surface area contributed by atoms with Crippen LogP contribution in [0.3, 0.4) is 0 Å². The molecule has 0 aliphatic carbocycles. The van der Waals surface area contributed by atoms with E-state index in [0.29, 0.717) is 12.0 Å². The predicted octanol–water partition coefficient (Wildman–Crippen LogP) is 1.08. The summed E-state index contributed by atoms with van der Waals surface area (Å²) in [5.74, 6) is -0.181. The van der Waals surface area contributed by atoms with Gasteiger partial charge in [0, 0.05) is 17.7 Å². The van der Waals surface area contributed by atoms with Gasteiger partial charge in [-0.2, -0.15) is 11.8 Å². The Labute approximate surface area is 121 Å². The molecule has 0 aromatic heterocycles. The maximum absolute atomic E-state index is 12.1. The molecule has 0 spiro atoms. The summed E-state index contributed by atoms with van der Waals surface area (Å²) in [4.78, 5) is 34.7. The molecule has 1 unspecified atom stereocenters. The van der Waals surface area contributed by atoms with Gasteiger partial charge in [0.15, 0.2) is 0 Å². The van der Waals surface area contributed by atoms with Crippen LogP contribution in [0.1, 0.15) is 28.8 Å². The molecule has 1 aromatic carbocycles. The van der Waals surface area contributed by atoms with Crippen LogP contribution >= 0.6 is 11.8 Å². The zero-order valence-corrected chi connectivity index (χ0v) is 12.0. The molecule has 1 aromatic rings. The van der Waals surface area contributed by atoms with Gasteiger partial charge in [0.2, 0.25) is 11.8 Å². The summed E-state index contributed by atoms with van der Waals surface area (Å²) in [6.45, 7) is 0. The van der Waals surface area contributed by atoms with Gasteiger partial charge in [-0.25, -0.2) is 0 Å². The van der Waals surface area contributed by atoms with Crippen molar-refractivity contribution in [2.45, 2.75) is 24.6 Å². The van der Waals surface area contributed by atoms with Gasteiger partial charge >= 0.3 is 0 Å². The molecule has 106 valence electrons. The Morgan fingerprint density at radius 3 is 2.95 bits per heavy atom. The van der Waals surface area contributed by atoms with Crippen molar-refractivity contribution in [3.8, 4) is 0 Å². The second kappa shape index (κ2) is 6.56. The van der Waals surface area contributed by atoms with Crippen molar-refractivity contribution in [2.75, 3.05) is 6.26 Å². The van der Waals surface area contributed by atoms with Crippen LogP contribution in [0.25, 0.3) is 0 Å². The third-order valence-corrected chi connectivity index (χ3v) is 3.67. The molecule has 3 amide bonds. The molecule has 5 nitrogen and oxygen atoms in total. The average Bonchev–Trinajstić information content (AvgIpc) is 2.42. The molecular weight excluding hydrogens is 276 g/mol. The van der Waals surface area contributed by atoms with Crippen LogP contribution in [-0.2, 0) is 15.3 Å². The van der Waals surface area contributed by atoms with E-state index >= 15 is 0 Å². The van der Waals surface area contributed by atoms with Gasteiger partial charge in [0.05, 0.1) is 0 Å². The lowest BCUT2D eigenvalue weighted by molar-refractivity contribution is -0.134. The van der Waals surface area contributed by atoms with Crippen LogP contribution in [0.4, 0.5) is 0 Å². The van der Waals surface area contributed by atoms with Gasteiger partial charge in [0.25, 0.3) is 5.91 Å². The highest BCUT2D eigenvalue weighted by Crippen LogP contribution is 2.12. The van der Waals surface area contributed by atoms with E-state index in [-0.39, 0.29) is 18.2 Å². The summed E-state index contributed by atoms with van der Waals surface area (Å²) < 4.78 is 0. The van der Waals surface area contributed by atoms with Crippen LogP contribution < -0.4 is 10.6 Å². The van der Waals surface area contributed by atoms with Gasteiger partial charge in [-0.3, -0.25) is 19.7 Å². The number of nitrogens with one attached hydrogen (secondary N) is 2. The Morgan fingerprint density at radius 1 is 1.45 bits per heavy atom. The summed E-state index contributed by atoms with van der Waals surface area (Å²) in [5.41, 5.74) is 1.59. The van der Waals surface area contributed by atoms with Crippen molar-refractivity contribution in [1.29, 1.82) is 0 Å². The summed E-state index contributed by atoms with van der Waals surface area (Å²) in [7, 11) is 0. The molecule has 6 heteroatoms. The molecular formula is C14H16N2O3S. The highest BCUT2D eigenvalue weighted by molar-refractivity contribution is 7.97. The smallest absolute Gasteiger partial charge is 0.251 e. The number of hydrogen-bond acceptors (Lipinski definition) is 4. The molecule has 1 fully saturated rings. The molecule has 2 rings (SSSR count). The van der Waals surface area contributed by atoms with Crippen LogP contribution in [0, 0.1) is 0 Å². The molecule has 2 N–H and O–H groups in total. The lowest BCUT2D eigenvalue weighted by atomic mass is 10.1. The number of imide groups is 1. The van der Waals surface area contributed by atoms with Crippen molar-refractivity contribution in [3.63, 3.8) is 0 Å². The molecule has 1 saturated heterocycles. The molecule has 20 heavy (non-hydrogen) atoms. The topological polar surface area (TPSA) is 75.3 Å². The number of piperidine rings is 1. The predicted molar refractivity (Wildman–Crippen MR) is 77.3 cm³/mol. The highest BCUT2D eigenvalue weighted by Gasteiger charge is 2.27. The first-order valence-corrected chi connectivity index (χ1v) is 7.72. The van der Waals surface area contributed by atoms with Gasteiger partial charge in [-0.15, -0.1) is 0 Å². The number of benzene rings is 1. The lowest BCUT2D eigenvalue weighted by Gasteiger charge is -2.21. The first-order valence-electron chi connectivity index (χ1n) is 6.32. The number of thioether (sulfide) groups is 1.